The predicted molar refractivity (Wildman–Crippen MR) is 81.7 cm³/mol. The number of hydrogen-bond donors (Lipinski definition) is 1. The third kappa shape index (κ3) is 2.65. The minimum atomic E-state index is -0.0613. The lowest BCUT2D eigenvalue weighted by Gasteiger charge is -2.08. The number of nitrogens with one attached hydrogen (secondary N) is 1. The third-order valence-electron chi connectivity index (χ3n) is 3.26. The largest absolute Gasteiger partial charge is 0.385 e. The fraction of sp³-hybridized carbons (Fsp3) is 0.267. The van der Waals surface area contributed by atoms with Gasteiger partial charge >= 0.3 is 0 Å². The molecule has 21 heavy (non-hydrogen) atoms. The number of fused-ring (bicyclic) bond motifs is 1. The molecule has 0 saturated heterocycles. The van der Waals surface area contributed by atoms with E-state index in [1.807, 2.05) is 26.0 Å². The van der Waals surface area contributed by atoms with Gasteiger partial charge in [0.1, 0.15) is 5.52 Å². The molecule has 0 aliphatic rings. The Balaban J connectivity index is 1.96. The van der Waals surface area contributed by atoms with Crippen molar-refractivity contribution < 1.29 is 0 Å². The molecule has 0 amide bonds. The van der Waals surface area contributed by atoms with Gasteiger partial charge in [0, 0.05) is 30.8 Å². The summed E-state index contributed by atoms with van der Waals surface area (Å²) >= 11 is 0. The molecule has 3 aromatic rings. The SMILES string of the molecule is CCNc1ccnc(Cn2ccn3nc(C)cc3c2=O)c1. The van der Waals surface area contributed by atoms with Crippen molar-refractivity contribution in [1.82, 2.24) is 19.2 Å². The first-order valence-electron chi connectivity index (χ1n) is 6.91. The van der Waals surface area contributed by atoms with Crippen molar-refractivity contribution in [3.63, 3.8) is 0 Å². The van der Waals surface area contributed by atoms with E-state index >= 15 is 0 Å². The highest BCUT2D eigenvalue weighted by Crippen LogP contribution is 2.08. The maximum atomic E-state index is 12.4. The number of aryl methyl sites for hydroxylation is 1. The van der Waals surface area contributed by atoms with E-state index in [9.17, 15) is 4.79 Å². The van der Waals surface area contributed by atoms with Crippen LogP contribution in [0.25, 0.3) is 5.52 Å². The Morgan fingerprint density at radius 1 is 1.29 bits per heavy atom. The molecule has 0 fully saturated rings. The van der Waals surface area contributed by atoms with E-state index in [4.69, 9.17) is 0 Å². The lowest BCUT2D eigenvalue weighted by molar-refractivity contribution is 0.725. The maximum Gasteiger partial charge on any atom is 0.276 e. The Bertz CT molecular complexity index is 833. The summed E-state index contributed by atoms with van der Waals surface area (Å²) in [6.07, 6.45) is 5.28. The van der Waals surface area contributed by atoms with E-state index in [0.29, 0.717) is 12.1 Å². The molecule has 108 valence electrons. The van der Waals surface area contributed by atoms with Crippen LogP contribution in [0.4, 0.5) is 5.69 Å². The summed E-state index contributed by atoms with van der Waals surface area (Å²) in [5.74, 6) is 0. The number of rotatable bonds is 4. The Hall–Kier alpha value is -2.63. The summed E-state index contributed by atoms with van der Waals surface area (Å²) in [6, 6.07) is 5.67. The number of anilines is 1. The molecule has 0 spiro atoms. The van der Waals surface area contributed by atoms with E-state index in [2.05, 4.69) is 15.4 Å². The molecule has 0 radical (unpaired) electrons. The minimum Gasteiger partial charge on any atom is -0.385 e. The molecular formula is C15H17N5O. The van der Waals surface area contributed by atoms with Gasteiger partial charge in [0.15, 0.2) is 0 Å². The summed E-state index contributed by atoms with van der Waals surface area (Å²) in [4.78, 5) is 16.7. The monoisotopic (exact) mass is 283 g/mol. The van der Waals surface area contributed by atoms with Gasteiger partial charge in [-0.05, 0) is 32.0 Å². The number of pyridine rings is 1. The summed E-state index contributed by atoms with van der Waals surface area (Å²) < 4.78 is 3.26. The van der Waals surface area contributed by atoms with Gasteiger partial charge in [0.05, 0.1) is 17.9 Å². The highest BCUT2D eigenvalue weighted by Gasteiger charge is 2.06. The lowest BCUT2D eigenvalue weighted by Crippen LogP contribution is -2.22. The maximum absolute atomic E-state index is 12.4. The van der Waals surface area contributed by atoms with Gasteiger partial charge in [0.25, 0.3) is 5.56 Å². The second-order valence-electron chi connectivity index (χ2n) is 4.91. The summed E-state index contributed by atoms with van der Waals surface area (Å²) in [5.41, 5.74) is 3.21. The van der Waals surface area contributed by atoms with E-state index in [-0.39, 0.29) is 5.56 Å². The number of hydrogen-bond acceptors (Lipinski definition) is 4. The molecule has 6 nitrogen and oxygen atoms in total. The van der Waals surface area contributed by atoms with Crippen LogP contribution in [0.1, 0.15) is 18.3 Å². The summed E-state index contributed by atoms with van der Waals surface area (Å²) in [6.45, 7) is 5.21. The molecule has 0 saturated carbocycles. The van der Waals surface area contributed by atoms with Crippen LogP contribution in [0.5, 0.6) is 0 Å². The first kappa shape index (κ1) is 13.4. The van der Waals surface area contributed by atoms with Crippen molar-refractivity contribution in [2.45, 2.75) is 20.4 Å². The van der Waals surface area contributed by atoms with Crippen LogP contribution in [0.2, 0.25) is 0 Å². The van der Waals surface area contributed by atoms with Crippen LogP contribution >= 0.6 is 0 Å². The molecule has 0 aromatic carbocycles. The van der Waals surface area contributed by atoms with Gasteiger partial charge in [-0.1, -0.05) is 0 Å². The summed E-state index contributed by atoms with van der Waals surface area (Å²) in [5, 5.41) is 7.48. The van der Waals surface area contributed by atoms with Crippen molar-refractivity contribution in [3.05, 3.63) is 58.5 Å². The topological polar surface area (TPSA) is 64.2 Å². The zero-order chi connectivity index (χ0) is 14.8. The van der Waals surface area contributed by atoms with Crippen molar-refractivity contribution in [1.29, 1.82) is 0 Å². The molecule has 3 aromatic heterocycles. The fourth-order valence-corrected chi connectivity index (χ4v) is 2.33. The quantitative estimate of drug-likeness (QED) is 0.791. The number of nitrogens with zero attached hydrogens (tertiary/aromatic N) is 4. The van der Waals surface area contributed by atoms with Gasteiger partial charge in [-0.25, -0.2) is 4.52 Å². The highest BCUT2D eigenvalue weighted by atomic mass is 16.1. The zero-order valence-corrected chi connectivity index (χ0v) is 12.1. The van der Waals surface area contributed by atoms with Gasteiger partial charge in [-0.15, -0.1) is 0 Å². The Kier molecular flexibility index (Phi) is 3.43. The van der Waals surface area contributed by atoms with Crippen molar-refractivity contribution in [3.8, 4) is 0 Å². The third-order valence-corrected chi connectivity index (χ3v) is 3.26. The van der Waals surface area contributed by atoms with Crippen molar-refractivity contribution in [2.24, 2.45) is 0 Å². The van der Waals surface area contributed by atoms with E-state index in [1.165, 1.54) is 0 Å². The first-order chi connectivity index (χ1) is 10.2. The van der Waals surface area contributed by atoms with E-state index in [1.54, 1.807) is 33.7 Å². The van der Waals surface area contributed by atoms with Crippen LogP contribution in [-0.2, 0) is 6.54 Å². The average molecular weight is 283 g/mol. The van der Waals surface area contributed by atoms with Crippen LogP contribution in [-0.4, -0.2) is 25.7 Å². The fourth-order valence-electron chi connectivity index (χ4n) is 2.33. The van der Waals surface area contributed by atoms with Crippen LogP contribution in [0.3, 0.4) is 0 Å². The molecule has 0 atom stereocenters. The predicted octanol–water partition coefficient (Wildman–Crippen LogP) is 1.68. The zero-order valence-electron chi connectivity index (χ0n) is 12.1. The van der Waals surface area contributed by atoms with Crippen molar-refractivity contribution in [2.75, 3.05) is 11.9 Å². The molecule has 6 heteroatoms. The van der Waals surface area contributed by atoms with E-state index < -0.39 is 0 Å². The van der Waals surface area contributed by atoms with Gasteiger partial charge in [-0.3, -0.25) is 9.78 Å². The standard InChI is InChI=1S/C15H17N5O/c1-3-16-12-4-5-17-13(9-12)10-19-6-7-20-14(15(19)21)8-11(2)18-20/h4-9H,3,10H2,1-2H3,(H,16,17). The molecule has 0 aliphatic carbocycles. The molecular weight excluding hydrogens is 266 g/mol. The lowest BCUT2D eigenvalue weighted by atomic mass is 10.3. The molecule has 0 bridgehead atoms. The normalized spacial score (nSPS) is 11.0. The highest BCUT2D eigenvalue weighted by molar-refractivity contribution is 5.45. The molecule has 3 heterocycles. The van der Waals surface area contributed by atoms with Crippen LogP contribution in [0, 0.1) is 6.92 Å². The summed E-state index contributed by atoms with van der Waals surface area (Å²) in [7, 11) is 0. The Morgan fingerprint density at radius 3 is 2.95 bits per heavy atom. The Labute approximate surface area is 122 Å². The van der Waals surface area contributed by atoms with Gasteiger partial charge in [-0.2, -0.15) is 5.10 Å². The first-order valence-corrected chi connectivity index (χ1v) is 6.91. The average Bonchev–Trinajstić information content (AvgIpc) is 2.84. The smallest absolute Gasteiger partial charge is 0.276 e. The van der Waals surface area contributed by atoms with Crippen molar-refractivity contribution >= 4 is 11.2 Å². The molecule has 0 aliphatic heterocycles. The minimum absolute atomic E-state index is 0.0613. The Morgan fingerprint density at radius 2 is 2.14 bits per heavy atom. The number of aromatic nitrogens is 4. The molecule has 0 unspecified atom stereocenters. The van der Waals surface area contributed by atoms with Crippen LogP contribution in [0.15, 0.2) is 41.6 Å². The van der Waals surface area contributed by atoms with E-state index in [0.717, 1.165) is 23.6 Å². The molecule has 1 N–H and O–H groups in total. The molecule has 3 rings (SSSR count). The second kappa shape index (κ2) is 5.40. The van der Waals surface area contributed by atoms with Gasteiger partial charge < -0.3 is 9.88 Å². The second-order valence-corrected chi connectivity index (χ2v) is 4.91. The van der Waals surface area contributed by atoms with Gasteiger partial charge in [0.2, 0.25) is 0 Å². The van der Waals surface area contributed by atoms with Crippen LogP contribution < -0.4 is 10.9 Å².